The molecule has 0 bridgehead atoms. The first-order chi connectivity index (χ1) is 18.6. The molecule has 0 saturated heterocycles. The number of imidazole rings is 1. The van der Waals surface area contributed by atoms with E-state index in [1.807, 2.05) is 31.2 Å². The van der Waals surface area contributed by atoms with Crippen LogP contribution in [0.15, 0.2) is 67.3 Å². The summed E-state index contributed by atoms with van der Waals surface area (Å²) in [4.78, 5) is 33.7. The molecule has 0 unspecified atom stereocenters. The largest absolute Gasteiger partial charge is 0.335 e. The summed E-state index contributed by atoms with van der Waals surface area (Å²) in [6.07, 6.45) is 8.92. The van der Waals surface area contributed by atoms with Crippen molar-refractivity contribution in [3.05, 3.63) is 73.1 Å². The number of carbonyl (C=O) groups excluding carboxylic acids is 1. The lowest BCUT2D eigenvalue weighted by Crippen LogP contribution is -2.11. The summed E-state index contributed by atoms with van der Waals surface area (Å²) >= 11 is 0. The van der Waals surface area contributed by atoms with Gasteiger partial charge in [0.25, 0.3) is 0 Å². The molecule has 1 aromatic carbocycles. The van der Waals surface area contributed by atoms with Crippen LogP contribution in [-0.2, 0) is 4.79 Å². The number of hydrogen-bond acceptors (Lipinski definition) is 6. The van der Waals surface area contributed by atoms with E-state index >= 15 is 0 Å². The standard InChI is InChI=1S/C28H23FN8O/c1-2-3-7-24(38)32-19-11-17(12-30-13-19)21-8-9-22-26(33-21)27(37-36-22)28-34-23-15-31-14-20(25(23)35-28)16-5-4-6-18(29)10-16/h4-6,8-15H,2-3,7H2,1H3,(H,32,38)(H,34,35)(H,36,37). The van der Waals surface area contributed by atoms with Gasteiger partial charge < -0.3 is 10.3 Å². The fourth-order valence-corrected chi connectivity index (χ4v) is 4.35. The molecule has 6 aromatic rings. The number of anilines is 1. The number of hydrogen-bond donors (Lipinski definition) is 3. The van der Waals surface area contributed by atoms with Crippen molar-refractivity contribution < 1.29 is 9.18 Å². The summed E-state index contributed by atoms with van der Waals surface area (Å²) in [5, 5.41) is 10.4. The molecule has 0 spiro atoms. The Labute approximate surface area is 216 Å². The Morgan fingerprint density at radius 2 is 1.84 bits per heavy atom. The van der Waals surface area contributed by atoms with Gasteiger partial charge in [-0.05, 0) is 42.3 Å². The fourth-order valence-electron chi connectivity index (χ4n) is 4.35. The maximum absolute atomic E-state index is 13.9. The highest BCUT2D eigenvalue weighted by atomic mass is 19.1. The van der Waals surface area contributed by atoms with Crippen molar-refractivity contribution in [1.82, 2.24) is 35.1 Å². The van der Waals surface area contributed by atoms with Gasteiger partial charge in [0.2, 0.25) is 5.91 Å². The lowest BCUT2D eigenvalue weighted by molar-refractivity contribution is -0.116. The Morgan fingerprint density at radius 1 is 0.947 bits per heavy atom. The van der Waals surface area contributed by atoms with Crippen LogP contribution in [0, 0.1) is 5.82 Å². The SMILES string of the molecule is CCCCC(=O)Nc1cncc(-c2ccc3[nH]nc(-c4nc5c(-c6cccc(F)c6)cncc5[nH]4)c3n2)c1. The van der Waals surface area contributed by atoms with Crippen LogP contribution in [0.4, 0.5) is 10.1 Å². The molecule has 0 atom stereocenters. The van der Waals surface area contributed by atoms with Gasteiger partial charge in [0.05, 0.1) is 40.3 Å². The van der Waals surface area contributed by atoms with Crippen LogP contribution >= 0.6 is 0 Å². The normalized spacial score (nSPS) is 11.3. The molecule has 9 nitrogen and oxygen atoms in total. The third kappa shape index (κ3) is 4.47. The molecule has 10 heteroatoms. The van der Waals surface area contributed by atoms with Crippen LogP contribution in [0.5, 0.6) is 0 Å². The highest BCUT2D eigenvalue weighted by Gasteiger charge is 2.17. The summed E-state index contributed by atoms with van der Waals surface area (Å²) in [7, 11) is 0. The predicted octanol–water partition coefficient (Wildman–Crippen LogP) is 5.89. The summed E-state index contributed by atoms with van der Waals surface area (Å²) in [6.45, 7) is 2.05. The number of nitrogens with zero attached hydrogens (tertiary/aromatic N) is 5. The Morgan fingerprint density at radius 3 is 2.71 bits per heavy atom. The van der Waals surface area contributed by atoms with Crippen LogP contribution in [0.1, 0.15) is 26.2 Å². The van der Waals surface area contributed by atoms with E-state index in [9.17, 15) is 9.18 Å². The number of aromatic amines is 2. The average molecular weight is 507 g/mol. The molecule has 0 fully saturated rings. The number of aromatic nitrogens is 7. The zero-order valence-corrected chi connectivity index (χ0v) is 20.5. The molecule has 188 valence electrons. The molecule has 3 N–H and O–H groups in total. The van der Waals surface area contributed by atoms with Gasteiger partial charge in [-0.2, -0.15) is 5.10 Å². The van der Waals surface area contributed by atoms with E-state index in [0.717, 1.165) is 23.9 Å². The number of benzene rings is 1. The van der Waals surface area contributed by atoms with Gasteiger partial charge in [-0.3, -0.25) is 19.9 Å². The maximum Gasteiger partial charge on any atom is 0.224 e. The predicted molar refractivity (Wildman–Crippen MR) is 144 cm³/mol. The molecule has 5 aromatic heterocycles. The second-order valence-corrected chi connectivity index (χ2v) is 8.96. The van der Waals surface area contributed by atoms with Gasteiger partial charge in [-0.15, -0.1) is 0 Å². The number of carbonyl (C=O) groups is 1. The Hall–Kier alpha value is -4.99. The van der Waals surface area contributed by atoms with Crippen molar-refractivity contribution >= 4 is 33.7 Å². The lowest BCUT2D eigenvalue weighted by atomic mass is 10.1. The first kappa shape index (κ1) is 23.4. The molecule has 0 aliphatic rings. The average Bonchev–Trinajstić information content (AvgIpc) is 3.55. The summed E-state index contributed by atoms with van der Waals surface area (Å²) < 4.78 is 13.9. The van der Waals surface area contributed by atoms with Crippen LogP contribution in [0.2, 0.25) is 0 Å². The minimum atomic E-state index is -0.329. The number of H-pyrrole nitrogens is 2. The van der Waals surface area contributed by atoms with E-state index in [-0.39, 0.29) is 11.7 Å². The highest BCUT2D eigenvalue weighted by Crippen LogP contribution is 2.31. The van der Waals surface area contributed by atoms with Crippen molar-refractivity contribution in [3.8, 4) is 33.9 Å². The van der Waals surface area contributed by atoms with E-state index in [2.05, 4.69) is 30.5 Å². The second-order valence-electron chi connectivity index (χ2n) is 8.96. The Kier molecular flexibility index (Phi) is 6.04. The molecule has 5 heterocycles. The Balaban J connectivity index is 1.37. The lowest BCUT2D eigenvalue weighted by Gasteiger charge is -2.07. The van der Waals surface area contributed by atoms with Crippen molar-refractivity contribution in [3.63, 3.8) is 0 Å². The molecule has 0 radical (unpaired) electrons. The number of fused-ring (bicyclic) bond motifs is 2. The molecule has 0 aliphatic heterocycles. The third-order valence-corrected chi connectivity index (χ3v) is 6.24. The number of pyridine rings is 3. The second kappa shape index (κ2) is 9.81. The molecule has 6 rings (SSSR count). The van der Waals surface area contributed by atoms with Crippen molar-refractivity contribution in [2.75, 3.05) is 5.32 Å². The van der Waals surface area contributed by atoms with Gasteiger partial charge in [-0.25, -0.2) is 14.4 Å². The summed E-state index contributed by atoms with van der Waals surface area (Å²) in [6, 6.07) is 11.9. The molecule has 0 aliphatic carbocycles. The number of unbranched alkanes of at least 4 members (excludes halogenated alkanes) is 1. The summed E-state index contributed by atoms with van der Waals surface area (Å²) in [5.74, 6) is 0.143. The first-order valence-corrected chi connectivity index (χ1v) is 12.3. The minimum absolute atomic E-state index is 0.0386. The molecule has 38 heavy (non-hydrogen) atoms. The van der Waals surface area contributed by atoms with Crippen molar-refractivity contribution in [2.24, 2.45) is 0 Å². The Bertz CT molecular complexity index is 1790. The van der Waals surface area contributed by atoms with Crippen molar-refractivity contribution in [1.29, 1.82) is 0 Å². The number of amides is 1. The minimum Gasteiger partial charge on any atom is -0.335 e. The van der Waals surface area contributed by atoms with Gasteiger partial charge in [0.15, 0.2) is 11.5 Å². The van der Waals surface area contributed by atoms with Crippen LogP contribution in [0.25, 0.3) is 56.0 Å². The first-order valence-electron chi connectivity index (χ1n) is 12.3. The fraction of sp³-hybridized carbons (Fsp3) is 0.143. The molecule has 0 saturated carbocycles. The quantitative estimate of drug-likeness (QED) is 0.248. The van der Waals surface area contributed by atoms with Crippen LogP contribution in [-0.4, -0.2) is 41.0 Å². The third-order valence-electron chi connectivity index (χ3n) is 6.24. The molecular formula is C28H23FN8O. The van der Waals surface area contributed by atoms with Crippen LogP contribution < -0.4 is 5.32 Å². The van der Waals surface area contributed by atoms with Crippen LogP contribution in [0.3, 0.4) is 0 Å². The highest BCUT2D eigenvalue weighted by molar-refractivity contribution is 5.96. The van der Waals surface area contributed by atoms with Gasteiger partial charge in [0.1, 0.15) is 11.3 Å². The summed E-state index contributed by atoms with van der Waals surface area (Å²) in [5.41, 5.74) is 6.71. The maximum atomic E-state index is 13.9. The number of nitrogens with one attached hydrogen (secondary N) is 3. The van der Waals surface area contributed by atoms with E-state index in [4.69, 9.17) is 9.97 Å². The van der Waals surface area contributed by atoms with Crippen molar-refractivity contribution in [2.45, 2.75) is 26.2 Å². The zero-order chi connectivity index (χ0) is 26.1. The van der Waals surface area contributed by atoms with E-state index < -0.39 is 0 Å². The van der Waals surface area contributed by atoms with Gasteiger partial charge >= 0.3 is 0 Å². The van der Waals surface area contributed by atoms with Gasteiger partial charge in [-0.1, -0.05) is 25.5 Å². The monoisotopic (exact) mass is 506 g/mol. The number of halogens is 1. The zero-order valence-electron chi connectivity index (χ0n) is 20.5. The van der Waals surface area contributed by atoms with E-state index in [1.54, 1.807) is 30.9 Å². The van der Waals surface area contributed by atoms with E-state index in [0.29, 0.717) is 57.0 Å². The number of rotatable bonds is 7. The molecule has 1 amide bonds. The van der Waals surface area contributed by atoms with E-state index in [1.165, 1.54) is 12.1 Å². The molecular weight excluding hydrogens is 483 g/mol. The van der Waals surface area contributed by atoms with Gasteiger partial charge in [0, 0.05) is 29.9 Å². The topological polar surface area (TPSA) is 125 Å². The smallest absolute Gasteiger partial charge is 0.224 e.